The standard InChI is InChI=1S/C19H20ClN3O2/c1-13-3-2-4-14-11-16(25-18(13)14)19(24)23-9-7-22(8-10-23)17-6-5-15(20)12-21-17/h2-6,12,16H,7-11H2,1H3. The highest BCUT2D eigenvalue weighted by Crippen LogP contribution is 2.32. The number of aryl methyl sites for hydroxylation is 1. The fourth-order valence-corrected chi connectivity index (χ4v) is 3.59. The highest BCUT2D eigenvalue weighted by molar-refractivity contribution is 6.30. The highest BCUT2D eigenvalue weighted by Gasteiger charge is 2.34. The van der Waals surface area contributed by atoms with Crippen molar-refractivity contribution >= 4 is 23.3 Å². The molecule has 5 nitrogen and oxygen atoms in total. The van der Waals surface area contributed by atoms with Gasteiger partial charge in [-0.2, -0.15) is 0 Å². The molecule has 0 N–H and O–H groups in total. The molecule has 3 heterocycles. The van der Waals surface area contributed by atoms with Gasteiger partial charge in [-0.3, -0.25) is 4.79 Å². The first-order valence-corrected chi connectivity index (χ1v) is 8.90. The Balaban J connectivity index is 1.38. The molecule has 0 spiro atoms. The summed E-state index contributed by atoms with van der Waals surface area (Å²) >= 11 is 5.89. The van der Waals surface area contributed by atoms with Crippen LogP contribution >= 0.6 is 11.6 Å². The molecule has 0 aliphatic carbocycles. The number of anilines is 1. The maximum atomic E-state index is 12.8. The second-order valence-corrected chi connectivity index (χ2v) is 6.96. The van der Waals surface area contributed by atoms with Gasteiger partial charge in [0, 0.05) is 38.8 Å². The van der Waals surface area contributed by atoms with Gasteiger partial charge in [-0.25, -0.2) is 4.98 Å². The summed E-state index contributed by atoms with van der Waals surface area (Å²) in [5, 5.41) is 0.630. The number of hydrogen-bond donors (Lipinski definition) is 0. The molecule has 1 atom stereocenters. The van der Waals surface area contributed by atoms with Gasteiger partial charge in [0.15, 0.2) is 6.10 Å². The number of amides is 1. The predicted octanol–water partition coefficient (Wildman–Crippen LogP) is 2.70. The maximum Gasteiger partial charge on any atom is 0.264 e. The van der Waals surface area contributed by atoms with E-state index >= 15 is 0 Å². The van der Waals surface area contributed by atoms with E-state index in [4.69, 9.17) is 16.3 Å². The number of halogens is 1. The van der Waals surface area contributed by atoms with Crippen LogP contribution in [0.25, 0.3) is 0 Å². The van der Waals surface area contributed by atoms with Crippen LogP contribution < -0.4 is 9.64 Å². The molecular formula is C19H20ClN3O2. The highest BCUT2D eigenvalue weighted by atomic mass is 35.5. The number of carbonyl (C=O) groups excluding carboxylic acids is 1. The van der Waals surface area contributed by atoms with E-state index in [0.717, 1.165) is 35.8 Å². The van der Waals surface area contributed by atoms with Gasteiger partial charge in [0.2, 0.25) is 0 Å². The van der Waals surface area contributed by atoms with Gasteiger partial charge in [0.05, 0.1) is 5.02 Å². The third kappa shape index (κ3) is 3.16. The van der Waals surface area contributed by atoms with Crippen LogP contribution in [-0.4, -0.2) is 48.1 Å². The second-order valence-electron chi connectivity index (χ2n) is 6.52. The Hall–Kier alpha value is -2.27. The van der Waals surface area contributed by atoms with Crippen molar-refractivity contribution in [3.8, 4) is 5.75 Å². The Morgan fingerprint density at radius 1 is 1.20 bits per heavy atom. The summed E-state index contributed by atoms with van der Waals surface area (Å²) in [6.45, 7) is 4.90. The van der Waals surface area contributed by atoms with Crippen molar-refractivity contribution in [3.63, 3.8) is 0 Å². The summed E-state index contributed by atoms with van der Waals surface area (Å²) in [6.07, 6.45) is 1.92. The van der Waals surface area contributed by atoms with Crippen molar-refractivity contribution in [3.05, 3.63) is 52.7 Å². The molecule has 2 aliphatic heterocycles. The summed E-state index contributed by atoms with van der Waals surface area (Å²) in [4.78, 5) is 21.2. The molecule has 1 aromatic carbocycles. The van der Waals surface area contributed by atoms with Gasteiger partial charge in [-0.05, 0) is 30.2 Å². The van der Waals surface area contributed by atoms with Gasteiger partial charge in [-0.15, -0.1) is 0 Å². The minimum absolute atomic E-state index is 0.0827. The molecular weight excluding hydrogens is 338 g/mol. The number of ether oxygens (including phenoxy) is 1. The minimum Gasteiger partial charge on any atom is -0.480 e. The normalized spacial score (nSPS) is 19.5. The molecule has 1 amide bonds. The largest absolute Gasteiger partial charge is 0.480 e. The van der Waals surface area contributed by atoms with Crippen LogP contribution in [-0.2, 0) is 11.2 Å². The van der Waals surface area contributed by atoms with Crippen LogP contribution in [0.3, 0.4) is 0 Å². The number of hydrogen-bond acceptors (Lipinski definition) is 4. The quantitative estimate of drug-likeness (QED) is 0.829. The lowest BCUT2D eigenvalue weighted by molar-refractivity contribution is -0.138. The number of rotatable bonds is 2. The van der Waals surface area contributed by atoms with Gasteiger partial charge < -0.3 is 14.5 Å². The van der Waals surface area contributed by atoms with Gasteiger partial charge in [-0.1, -0.05) is 29.8 Å². The number of carbonyl (C=O) groups is 1. The second kappa shape index (κ2) is 6.56. The van der Waals surface area contributed by atoms with E-state index in [1.165, 1.54) is 0 Å². The molecule has 6 heteroatoms. The fourth-order valence-electron chi connectivity index (χ4n) is 3.48. The zero-order valence-electron chi connectivity index (χ0n) is 14.1. The van der Waals surface area contributed by atoms with Crippen molar-refractivity contribution < 1.29 is 9.53 Å². The van der Waals surface area contributed by atoms with Crippen molar-refractivity contribution in [1.82, 2.24) is 9.88 Å². The molecule has 25 heavy (non-hydrogen) atoms. The third-order valence-electron chi connectivity index (χ3n) is 4.86. The Labute approximate surface area is 152 Å². The van der Waals surface area contributed by atoms with Crippen LogP contribution in [0.1, 0.15) is 11.1 Å². The molecule has 130 valence electrons. The molecule has 1 unspecified atom stereocenters. The summed E-state index contributed by atoms with van der Waals surface area (Å²) in [5.74, 6) is 1.86. The molecule has 0 bridgehead atoms. The number of piperazine rings is 1. The first-order chi connectivity index (χ1) is 12.1. The molecule has 2 aliphatic rings. The summed E-state index contributed by atoms with van der Waals surface area (Å²) in [5.41, 5.74) is 2.22. The molecule has 1 fully saturated rings. The Bertz CT molecular complexity index is 786. The fraction of sp³-hybridized carbons (Fsp3) is 0.368. The average Bonchev–Trinajstić information content (AvgIpc) is 3.08. The van der Waals surface area contributed by atoms with Gasteiger partial charge in [0.1, 0.15) is 11.6 Å². The zero-order chi connectivity index (χ0) is 17.4. The number of benzene rings is 1. The topological polar surface area (TPSA) is 45.7 Å². The molecule has 0 radical (unpaired) electrons. The number of para-hydroxylation sites is 1. The van der Waals surface area contributed by atoms with E-state index < -0.39 is 6.10 Å². The van der Waals surface area contributed by atoms with Gasteiger partial charge >= 0.3 is 0 Å². The van der Waals surface area contributed by atoms with Crippen LogP contribution in [0.4, 0.5) is 5.82 Å². The molecule has 4 rings (SSSR count). The average molecular weight is 358 g/mol. The maximum absolute atomic E-state index is 12.8. The van der Waals surface area contributed by atoms with E-state index in [1.807, 2.05) is 42.2 Å². The lowest BCUT2D eigenvalue weighted by Crippen LogP contribution is -2.52. The van der Waals surface area contributed by atoms with Crippen molar-refractivity contribution in [2.45, 2.75) is 19.4 Å². The summed E-state index contributed by atoms with van der Waals surface area (Å²) in [7, 11) is 0. The Morgan fingerprint density at radius 3 is 2.68 bits per heavy atom. The van der Waals surface area contributed by atoms with E-state index in [1.54, 1.807) is 6.20 Å². The lowest BCUT2D eigenvalue weighted by atomic mass is 10.1. The monoisotopic (exact) mass is 357 g/mol. The van der Waals surface area contributed by atoms with E-state index in [0.29, 0.717) is 24.5 Å². The van der Waals surface area contributed by atoms with E-state index in [9.17, 15) is 4.79 Å². The zero-order valence-corrected chi connectivity index (χ0v) is 14.9. The molecule has 0 saturated carbocycles. The molecule has 2 aromatic rings. The smallest absolute Gasteiger partial charge is 0.264 e. The summed E-state index contributed by atoms with van der Waals surface area (Å²) < 4.78 is 5.95. The first-order valence-electron chi connectivity index (χ1n) is 8.52. The third-order valence-corrected chi connectivity index (χ3v) is 5.08. The van der Waals surface area contributed by atoms with Crippen LogP contribution in [0.2, 0.25) is 5.02 Å². The number of aromatic nitrogens is 1. The van der Waals surface area contributed by atoms with Crippen molar-refractivity contribution in [2.75, 3.05) is 31.1 Å². The SMILES string of the molecule is Cc1cccc2c1OC(C(=O)N1CCN(c3ccc(Cl)cn3)CC1)C2. The molecule has 1 aromatic heterocycles. The number of pyridine rings is 1. The lowest BCUT2D eigenvalue weighted by Gasteiger charge is -2.36. The van der Waals surface area contributed by atoms with Crippen molar-refractivity contribution in [2.24, 2.45) is 0 Å². The summed E-state index contributed by atoms with van der Waals surface area (Å²) in [6, 6.07) is 9.83. The molecule has 1 saturated heterocycles. The predicted molar refractivity (Wildman–Crippen MR) is 97.3 cm³/mol. The Kier molecular flexibility index (Phi) is 4.25. The van der Waals surface area contributed by atoms with Crippen LogP contribution in [0, 0.1) is 6.92 Å². The minimum atomic E-state index is -0.392. The van der Waals surface area contributed by atoms with Gasteiger partial charge in [0.25, 0.3) is 5.91 Å². The van der Waals surface area contributed by atoms with Crippen LogP contribution in [0.5, 0.6) is 5.75 Å². The van der Waals surface area contributed by atoms with E-state index in [2.05, 4.69) is 9.88 Å². The Morgan fingerprint density at radius 2 is 2.00 bits per heavy atom. The van der Waals surface area contributed by atoms with E-state index in [-0.39, 0.29) is 5.91 Å². The first kappa shape index (κ1) is 16.2. The van der Waals surface area contributed by atoms with Crippen molar-refractivity contribution in [1.29, 1.82) is 0 Å². The number of fused-ring (bicyclic) bond motifs is 1. The number of nitrogens with zero attached hydrogens (tertiary/aromatic N) is 3. The van der Waals surface area contributed by atoms with Crippen LogP contribution in [0.15, 0.2) is 36.5 Å².